The van der Waals surface area contributed by atoms with Gasteiger partial charge in [0.1, 0.15) is 0 Å². The van der Waals surface area contributed by atoms with Crippen molar-refractivity contribution in [1.29, 1.82) is 0 Å². The number of rotatable bonds is 1. The Bertz CT molecular complexity index is 424. The highest BCUT2D eigenvalue weighted by atomic mass is 32.1. The Balaban J connectivity index is 2.33. The minimum atomic E-state index is 0.731. The van der Waals surface area contributed by atoms with Crippen LogP contribution in [-0.2, 0) is 7.05 Å². The van der Waals surface area contributed by atoms with E-state index >= 15 is 0 Å². The molecule has 0 unspecified atom stereocenters. The van der Waals surface area contributed by atoms with Crippen LogP contribution in [0.2, 0.25) is 0 Å². The molecule has 0 aromatic carbocycles. The predicted molar refractivity (Wildman–Crippen MR) is 48.4 cm³/mol. The third kappa shape index (κ3) is 0.756. The zero-order valence-electron chi connectivity index (χ0n) is 6.82. The highest BCUT2D eigenvalue weighted by Crippen LogP contribution is 2.43. The van der Waals surface area contributed by atoms with Crippen LogP contribution >= 0.6 is 11.3 Å². The van der Waals surface area contributed by atoms with Crippen molar-refractivity contribution in [2.75, 3.05) is 0 Å². The standard InChI is InChI=1S/C8H9N3S/c1-11-8-7(12-4-9-8)6(10-11)5-2-3-5/h4-5H,2-3H2,1H3. The molecule has 3 nitrogen and oxygen atoms in total. The number of nitrogens with zero attached hydrogens (tertiary/aromatic N) is 3. The second kappa shape index (κ2) is 2.07. The number of thiazole rings is 1. The van der Waals surface area contributed by atoms with Gasteiger partial charge in [-0.2, -0.15) is 5.10 Å². The molecule has 0 aliphatic heterocycles. The molecule has 0 amide bonds. The monoisotopic (exact) mass is 179 g/mol. The molecular formula is C8H9N3S. The third-order valence-electron chi connectivity index (χ3n) is 2.31. The molecule has 0 N–H and O–H groups in total. The quantitative estimate of drug-likeness (QED) is 0.669. The van der Waals surface area contributed by atoms with Crippen LogP contribution in [0, 0.1) is 0 Å². The van der Waals surface area contributed by atoms with Crippen molar-refractivity contribution in [2.45, 2.75) is 18.8 Å². The van der Waals surface area contributed by atoms with Crippen LogP contribution in [-0.4, -0.2) is 14.8 Å². The van der Waals surface area contributed by atoms with Crippen LogP contribution in [0.5, 0.6) is 0 Å². The van der Waals surface area contributed by atoms with Crippen LogP contribution in [0.15, 0.2) is 5.51 Å². The van der Waals surface area contributed by atoms with Crippen molar-refractivity contribution in [3.63, 3.8) is 0 Å². The lowest BCUT2D eigenvalue weighted by molar-refractivity contribution is 0.759. The van der Waals surface area contributed by atoms with E-state index in [0.717, 1.165) is 11.6 Å². The summed E-state index contributed by atoms with van der Waals surface area (Å²) >= 11 is 1.71. The number of aromatic nitrogens is 3. The smallest absolute Gasteiger partial charge is 0.168 e. The second-order valence-electron chi connectivity index (χ2n) is 3.29. The summed E-state index contributed by atoms with van der Waals surface area (Å²) in [6.07, 6.45) is 2.62. The minimum absolute atomic E-state index is 0.731. The minimum Gasteiger partial charge on any atom is -0.249 e. The SMILES string of the molecule is Cn1nc(C2CC2)c2scnc21. The van der Waals surface area contributed by atoms with Gasteiger partial charge in [0.15, 0.2) is 5.65 Å². The van der Waals surface area contributed by atoms with Gasteiger partial charge in [-0.3, -0.25) is 0 Å². The molecule has 1 saturated carbocycles. The Hall–Kier alpha value is -0.900. The largest absolute Gasteiger partial charge is 0.249 e. The summed E-state index contributed by atoms with van der Waals surface area (Å²) < 4.78 is 3.18. The maximum Gasteiger partial charge on any atom is 0.168 e. The van der Waals surface area contributed by atoms with E-state index in [1.807, 2.05) is 17.2 Å². The Labute approximate surface area is 74.0 Å². The van der Waals surface area contributed by atoms with Crippen LogP contribution in [0.3, 0.4) is 0 Å². The number of hydrogen-bond acceptors (Lipinski definition) is 3. The van der Waals surface area contributed by atoms with E-state index in [9.17, 15) is 0 Å². The summed E-state index contributed by atoms with van der Waals surface area (Å²) in [6.45, 7) is 0. The summed E-state index contributed by atoms with van der Waals surface area (Å²) in [7, 11) is 1.97. The fraction of sp³-hybridized carbons (Fsp3) is 0.500. The molecule has 62 valence electrons. The Morgan fingerprint density at radius 3 is 3.17 bits per heavy atom. The Kier molecular flexibility index (Phi) is 1.14. The molecule has 4 heteroatoms. The molecule has 0 saturated heterocycles. The van der Waals surface area contributed by atoms with E-state index in [4.69, 9.17) is 0 Å². The lowest BCUT2D eigenvalue weighted by atomic mass is 10.3. The zero-order chi connectivity index (χ0) is 8.13. The fourth-order valence-electron chi connectivity index (χ4n) is 1.52. The average molecular weight is 179 g/mol. The van der Waals surface area contributed by atoms with Gasteiger partial charge in [0, 0.05) is 13.0 Å². The summed E-state index contributed by atoms with van der Waals surface area (Å²) in [5.74, 6) is 0.731. The highest BCUT2D eigenvalue weighted by molar-refractivity contribution is 7.16. The second-order valence-corrected chi connectivity index (χ2v) is 4.14. The van der Waals surface area contributed by atoms with Gasteiger partial charge in [-0.05, 0) is 12.8 Å². The van der Waals surface area contributed by atoms with Gasteiger partial charge in [-0.1, -0.05) is 0 Å². The summed E-state index contributed by atoms with van der Waals surface area (Å²) in [5.41, 5.74) is 4.22. The molecular weight excluding hydrogens is 170 g/mol. The van der Waals surface area contributed by atoms with Crippen molar-refractivity contribution in [3.05, 3.63) is 11.2 Å². The Morgan fingerprint density at radius 2 is 2.42 bits per heavy atom. The molecule has 2 aromatic heterocycles. The molecule has 1 aliphatic rings. The average Bonchev–Trinajstić information content (AvgIpc) is 2.68. The van der Waals surface area contributed by atoms with Crippen molar-refractivity contribution in [1.82, 2.24) is 14.8 Å². The van der Waals surface area contributed by atoms with E-state index in [1.165, 1.54) is 23.2 Å². The van der Waals surface area contributed by atoms with Gasteiger partial charge in [0.05, 0.1) is 15.9 Å². The maximum atomic E-state index is 4.48. The molecule has 1 fully saturated rings. The van der Waals surface area contributed by atoms with Gasteiger partial charge in [-0.15, -0.1) is 11.3 Å². The molecule has 3 rings (SSSR count). The molecule has 0 atom stereocenters. The molecule has 12 heavy (non-hydrogen) atoms. The highest BCUT2D eigenvalue weighted by Gasteiger charge is 2.29. The summed E-state index contributed by atoms with van der Waals surface area (Å²) in [5, 5.41) is 4.48. The topological polar surface area (TPSA) is 30.7 Å². The molecule has 2 heterocycles. The first-order valence-corrected chi connectivity index (χ1v) is 5.00. The lowest BCUT2D eigenvalue weighted by Crippen LogP contribution is -1.91. The molecule has 1 aliphatic carbocycles. The van der Waals surface area contributed by atoms with Gasteiger partial charge >= 0.3 is 0 Å². The van der Waals surface area contributed by atoms with Crippen LogP contribution in [0.4, 0.5) is 0 Å². The normalized spacial score (nSPS) is 17.4. The van der Waals surface area contributed by atoms with Crippen LogP contribution < -0.4 is 0 Å². The third-order valence-corrected chi connectivity index (χ3v) is 3.15. The summed E-state index contributed by atoms with van der Waals surface area (Å²) in [6, 6.07) is 0. The van der Waals surface area contributed by atoms with E-state index in [2.05, 4.69) is 10.1 Å². The van der Waals surface area contributed by atoms with Crippen LogP contribution in [0.25, 0.3) is 10.3 Å². The first-order valence-electron chi connectivity index (χ1n) is 4.12. The van der Waals surface area contributed by atoms with Crippen LogP contribution in [0.1, 0.15) is 24.5 Å². The molecule has 2 aromatic rings. The molecule has 0 bridgehead atoms. The Morgan fingerprint density at radius 1 is 1.58 bits per heavy atom. The van der Waals surface area contributed by atoms with Gasteiger partial charge in [-0.25, -0.2) is 9.67 Å². The summed E-state index contributed by atoms with van der Waals surface area (Å²) in [4.78, 5) is 4.27. The number of aryl methyl sites for hydroxylation is 1. The molecule has 0 spiro atoms. The van der Waals surface area contributed by atoms with Crippen molar-refractivity contribution >= 4 is 21.7 Å². The maximum absolute atomic E-state index is 4.48. The lowest BCUT2D eigenvalue weighted by Gasteiger charge is -1.87. The fourth-order valence-corrected chi connectivity index (χ4v) is 2.40. The van der Waals surface area contributed by atoms with Crippen molar-refractivity contribution in [3.8, 4) is 0 Å². The van der Waals surface area contributed by atoms with E-state index in [1.54, 1.807) is 11.3 Å². The number of fused-ring (bicyclic) bond motifs is 1. The van der Waals surface area contributed by atoms with E-state index in [-0.39, 0.29) is 0 Å². The van der Waals surface area contributed by atoms with E-state index < -0.39 is 0 Å². The van der Waals surface area contributed by atoms with Gasteiger partial charge < -0.3 is 0 Å². The van der Waals surface area contributed by atoms with Gasteiger partial charge in [0.25, 0.3) is 0 Å². The first kappa shape index (κ1) is 6.60. The van der Waals surface area contributed by atoms with E-state index in [0.29, 0.717) is 0 Å². The van der Waals surface area contributed by atoms with Crippen molar-refractivity contribution < 1.29 is 0 Å². The number of hydrogen-bond donors (Lipinski definition) is 0. The first-order chi connectivity index (χ1) is 5.86. The van der Waals surface area contributed by atoms with Gasteiger partial charge in [0.2, 0.25) is 0 Å². The molecule has 0 radical (unpaired) electrons. The predicted octanol–water partition coefficient (Wildman–Crippen LogP) is 1.91. The van der Waals surface area contributed by atoms with Crippen molar-refractivity contribution in [2.24, 2.45) is 7.05 Å². The zero-order valence-corrected chi connectivity index (χ0v) is 7.64.